The molecule has 0 amide bonds. The monoisotopic (exact) mass is 197 g/mol. The van der Waals surface area contributed by atoms with Gasteiger partial charge < -0.3 is 0 Å². The van der Waals surface area contributed by atoms with Crippen molar-refractivity contribution in [2.24, 2.45) is 0 Å². The standard InChI is InChI=1S/C6H13O5S/c1-2-3-4-5-6-10-11-12(7,8)9/h2-6H2,1H3. The first-order valence-electron chi connectivity index (χ1n) is 3.83. The molecule has 0 saturated heterocycles. The summed E-state index contributed by atoms with van der Waals surface area (Å²) in [6.07, 6.45) is 3.79. The largest absolute Gasteiger partial charge is 0.454 e. The van der Waals surface area contributed by atoms with Crippen LogP contribution in [0.2, 0.25) is 0 Å². The van der Waals surface area contributed by atoms with E-state index in [2.05, 4.69) is 16.1 Å². The molecule has 0 aromatic rings. The summed E-state index contributed by atoms with van der Waals surface area (Å²) in [6.45, 7) is 2.20. The van der Waals surface area contributed by atoms with E-state index in [4.69, 9.17) is 0 Å². The first kappa shape index (κ1) is 11.8. The Morgan fingerprint density at radius 1 is 1.17 bits per heavy atom. The van der Waals surface area contributed by atoms with E-state index >= 15 is 0 Å². The molecule has 0 fully saturated rings. The summed E-state index contributed by atoms with van der Waals surface area (Å²) in [6, 6.07) is 0. The zero-order valence-corrected chi connectivity index (χ0v) is 7.80. The fourth-order valence-electron chi connectivity index (χ4n) is 0.681. The lowest BCUT2D eigenvalue weighted by Crippen LogP contribution is -2.04. The summed E-state index contributed by atoms with van der Waals surface area (Å²) in [5, 5.41) is 0. The van der Waals surface area contributed by atoms with Crippen molar-refractivity contribution >= 4 is 10.4 Å². The minimum Gasteiger partial charge on any atom is -0.218 e. The van der Waals surface area contributed by atoms with Crippen LogP contribution in [0.3, 0.4) is 0 Å². The first-order chi connectivity index (χ1) is 5.56. The third-order valence-electron chi connectivity index (χ3n) is 1.21. The molecular weight excluding hydrogens is 184 g/mol. The Kier molecular flexibility index (Phi) is 6.27. The second-order valence-electron chi connectivity index (χ2n) is 2.36. The maximum atomic E-state index is 9.82. The van der Waals surface area contributed by atoms with E-state index in [0.29, 0.717) is 6.42 Å². The Hall–Kier alpha value is -0.170. The molecule has 0 aromatic heterocycles. The lowest BCUT2D eigenvalue weighted by atomic mass is 10.2. The molecule has 0 aromatic carbocycles. The molecule has 6 heteroatoms. The summed E-state index contributed by atoms with van der Waals surface area (Å²) >= 11 is 0. The molecule has 0 heterocycles. The fraction of sp³-hybridized carbons (Fsp3) is 1.00. The van der Waals surface area contributed by atoms with Crippen molar-refractivity contribution in [3.05, 3.63) is 0 Å². The van der Waals surface area contributed by atoms with Crippen LogP contribution in [0.5, 0.6) is 0 Å². The van der Waals surface area contributed by atoms with Crippen molar-refractivity contribution in [3.63, 3.8) is 0 Å². The average Bonchev–Trinajstić information content (AvgIpc) is 1.94. The Bertz CT molecular complexity index is 186. The SMILES string of the molecule is CCCCCCOOS([O])(=O)=O. The smallest absolute Gasteiger partial charge is 0.218 e. The summed E-state index contributed by atoms with van der Waals surface area (Å²) in [5.41, 5.74) is 0. The van der Waals surface area contributed by atoms with Crippen LogP contribution in [0.4, 0.5) is 0 Å². The molecular formula is C6H13O5S. The van der Waals surface area contributed by atoms with Crippen molar-refractivity contribution in [1.29, 1.82) is 0 Å². The summed E-state index contributed by atoms with van der Waals surface area (Å²) < 4.78 is 33.0. The normalized spacial score (nSPS) is 11.8. The van der Waals surface area contributed by atoms with Gasteiger partial charge in [-0.1, -0.05) is 35.1 Å². The van der Waals surface area contributed by atoms with Crippen LogP contribution in [0.1, 0.15) is 32.6 Å². The van der Waals surface area contributed by atoms with Crippen molar-refractivity contribution < 1.29 is 22.2 Å². The highest BCUT2D eigenvalue weighted by atomic mass is 32.3. The maximum Gasteiger partial charge on any atom is 0.454 e. The van der Waals surface area contributed by atoms with Gasteiger partial charge in [-0.25, -0.2) is 4.89 Å². The first-order valence-corrected chi connectivity index (χ1v) is 5.16. The Morgan fingerprint density at radius 2 is 1.83 bits per heavy atom. The van der Waals surface area contributed by atoms with E-state index in [0.717, 1.165) is 19.3 Å². The van der Waals surface area contributed by atoms with Gasteiger partial charge >= 0.3 is 10.4 Å². The zero-order chi connectivity index (χ0) is 9.45. The maximum absolute atomic E-state index is 9.82. The van der Waals surface area contributed by atoms with E-state index in [1.165, 1.54) is 0 Å². The number of rotatable bonds is 7. The molecule has 12 heavy (non-hydrogen) atoms. The van der Waals surface area contributed by atoms with Crippen LogP contribution in [0.15, 0.2) is 0 Å². The number of unbranched alkanes of at least 4 members (excludes halogenated alkanes) is 3. The van der Waals surface area contributed by atoms with Crippen LogP contribution < -0.4 is 0 Å². The molecule has 0 aliphatic rings. The Labute approximate surface area is 72.6 Å². The van der Waals surface area contributed by atoms with Gasteiger partial charge in [0, 0.05) is 0 Å². The van der Waals surface area contributed by atoms with Gasteiger partial charge in [-0.15, -0.1) is 0 Å². The van der Waals surface area contributed by atoms with Crippen molar-refractivity contribution in [1.82, 2.24) is 0 Å². The molecule has 1 radical (unpaired) electrons. The van der Waals surface area contributed by atoms with Crippen LogP contribution in [0, 0.1) is 0 Å². The van der Waals surface area contributed by atoms with Gasteiger partial charge in [-0.2, -0.15) is 8.42 Å². The van der Waals surface area contributed by atoms with Crippen molar-refractivity contribution in [2.75, 3.05) is 6.61 Å². The minimum absolute atomic E-state index is 0.140. The molecule has 0 N–H and O–H groups in total. The fourth-order valence-corrected chi connectivity index (χ4v) is 0.867. The highest BCUT2D eigenvalue weighted by Crippen LogP contribution is 1.99. The lowest BCUT2D eigenvalue weighted by molar-refractivity contribution is -0.210. The molecule has 0 aliphatic heterocycles. The van der Waals surface area contributed by atoms with Crippen LogP contribution in [-0.4, -0.2) is 15.0 Å². The van der Waals surface area contributed by atoms with Crippen LogP contribution in [0.25, 0.3) is 0 Å². The lowest BCUT2D eigenvalue weighted by Gasteiger charge is -1.98. The second-order valence-corrected chi connectivity index (χ2v) is 3.31. The minimum atomic E-state index is -4.69. The van der Waals surface area contributed by atoms with Gasteiger partial charge in [0.05, 0.1) is 6.61 Å². The van der Waals surface area contributed by atoms with Crippen LogP contribution >= 0.6 is 0 Å². The molecule has 0 unspecified atom stereocenters. The van der Waals surface area contributed by atoms with E-state index < -0.39 is 10.4 Å². The molecule has 73 valence electrons. The zero-order valence-electron chi connectivity index (χ0n) is 6.99. The Morgan fingerprint density at radius 3 is 2.33 bits per heavy atom. The van der Waals surface area contributed by atoms with Gasteiger partial charge in [0.1, 0.15) is 0 Å². The van der Waals surface area contributed by atoms with E-state index in [1.54, 1.807) is 0 Å². The van der Waals surface area contributed by atoms with Crippen molar-refractivity contribution in [3.8, 4) is 0 Å². The molecule has 0 rings (SSSR count). The molecule has 0 bridgehead atoms. The highest BCUT2D eigenvalue weighted by molar-refractivity contribution is 7.80. The molecule has 0 aliphatic carbocycles. The third kappa shape index (κ3) is 9.83. The summed E-state index contributed by atoms with van der Waals surface area (Å²) in [4.78, 5) is 4.14. The van der Waals surface area contributed by atoms with E-state index in [9.17, 15) is 13.0 Å². The average molecular weight is 197 g/mol. The van der Waals surface area contributed by atoms with Gasteiger partial charge in [-0.05, 0) is 6.42 Å². The summed E-state index contributed by atoms with van der Waals surface area (Å²) in [5.74, 6) is 0. The van der Waals surface area contributed by atoms with Gasteiger partial charge in [0.2, 0.25) is 0 Å². The quantitative estimate of drug-likeness (QED) is 0.349. The predicted molar refractivity (Wildman–Crippen MR) is 40.8 cm³/mol. The van der Waals surface area contributed by atoms with Gasteiger partial charge in [0.25, 0.3) is 0 Å². The summed E-state index contributed by atoms with van der Waals surface area (Å²) in [7, 11) is -4.69. The van der Waals surface area contributed by atoms with E-state index in [-0.39, 0.29) is 6.61 Å². The Balaban J connectivity index is 3.12. The molecule has 0 spiro atoms. The molecule has 5 nitrogen and oxygen atoms in total. The molecule has 0 atom stereocenters. The van der Waals surface area contributed by atoms with Gasteiger partial charge in [0.15, 0.2) is 0 Å². The predicted octanol–water partition coefficient (Wildman–Crippen LogP) is 1.19. The van der Waals surface area contributed by atoms with Crippen molar-refractivity contribution in [2.45, 2.75) is 32.6 Å². The highest BCUT2D eigenvalue weighted by Gasteiger charge is 2.06. The topological polar surface area (TPSA) is 72.5 Å². The van der Waals surface area contributed by atoms with E-state index in [1.807, 2.05) is 0 Å². The third-order valence-corrected chi connectivity index (χ3v) is 1.48. The second kappa shape index (κ2) is 6.36. The van der Waals surface area contributed by atoms with Gasteiger partial charge in [-0.3, -0.25) is 0 Å². The molecule has 0 saturated carbocycles. The van der Waals surface area contributed by atoms with Crippen LogP contribution in [-0.2, 0) is 24.2 Å². The number of hydrogen-bond donors (Lipinski definition) is 0. The number of hydrogen-bond acceptors (Lipinski definition) is 4.